The number of para-hydroxylation sites is 1. The molecule has 0 bridgehead atoms. The molecule has 0 atom stereocenters. The van der Waals surface area contributed by atoms with E-state index in [0.29, 0.717) is 0 Å². The van der Waals surface area contributed by atoms with Crippen LogP contribution in [0.1, 0.15) is 0 Å². The van der Waals surface area contributed by atoms with Gasteiger partial charge in [0.1, 0.15) is 5.58 Å². The van der Waals surface area contributed by atoms with E-state index in [2.05, 4.69) is 229 Å². The van der Waals surface area contributed by atoms with Crippen LogP contribution in [0, 0.1) is 0 Å². The van der Waals surface area contributed by atoms with Crippen molar-refractivity contribution in [1.29, 1.82) is 0 Å². The van der Waals surface area contributed by atoms with Crippen molar-refractivity contribution in [1.82, 2.24) is 0 Å². The van der Waals surface area contributed by atoms with Crippen LogP contribution in [0.3, 0.4) is 0 Å². The van der Waals surface area contributed by atoms with Crippen LogP contribution in [0.25, 0.3) is 88.0 Å². The molecule has 0 radical (unpaired) electrons. The number of furan rings is 1. The van der Waals surface area contributed by atoms with Gasteiger partial charge in [0.2, 0.25) is 0 Å². The van der Waals surface area contributed by atoms with Gasteiger partial charge >= 0.3 is 0 Å². The van der Waals surface area contributed by atoms with Crippen LogP contribution in [0.4, 0.5) is 17.1 Å². The van der Waals surface area contributed by atoms with Crippen LogP contribution >= 0.6 is 0 Å². The number of hydrogen-bond donors (Lipinski definition) is 0. The molecule has 0 aliphatic heterocycles. The summed E-state index contributed by atoms with van der Waals surface area (Å²) in [6.45, 7) is 0. The minimum Gasteiger partial charge on any atom is -0.454 e. The fourth-order valence-electron chi connectivity index (χ4n) is 8.60. The van der Waals surface area contributed by atoms with E-state index in [1.54, 1.807) is 0 Å². The Balaban J connectivity index is 1.05. The first-order valence-electron chi connectivity index (χ1n) is 19.8. The molecular formula is C56H37NO. The van der Waals surface area contributed by atoms with E-state index in [9.17, 15) is 0 Å². The van der Waals surface area contributed by atoms with Gasteiger partial charge in [0.25, 0.3) is 0 Å². The zero-order valence-corrected chi connectivity index (χ0v) is 31.7. The summed E-state index contributed by atoms with van der Waals surface area (Å²) in [7, 11) is 0. The molecular weight excluding hydrogens is 703 g/mol. The maximum atomic E-state index is 6.79. The Morgan fingerprint density at radius 2 is 0.828 bits per heavy atom. The van der Waals surface area contributed by atoms with Gasteiger partial charge in [-0.2, -0.15) is 0 Å². The summed E-state index contributed by atoms with van der Waals surface area (Å²) >= 11 is 0. The molecule has 2 heteroatoms. The van der Waals surface area contributed by atoms with Crippen molar-refractivity contribution in [2.45, 2.75) is 0 Å². The summed E-state index contributed by atoms with van der Waals surface area (Å²) < 4.78 is 6.79. The summed E-state index contributed by atoms with van der Waals surface area (Å²) in [5.41, 5.74) is 14.3. The van der Waals surface area contributed by atoms with Crippen LogP contribution in [0.15, 0.2) is 229 Å². The van der Waals surface area contributed by atoms with E-state index >= 15 is 0 Å². The molecule has 11 rings (SSSR count). The number of rotatable bonds is 7. The van der Waals surface area contributed by atoms with E-state index in [1.807, 2.05) is 0 Å². The number of nitrogens with zero attached hydrogens (tertiary/aromatic N) is 1. The van der Waals surface area contributed by atoms with E-state index in [0.717, 1.165) is 44.6 Å². The van der Waals surface area contributed by atoms with Crippen molar-refractivity contribution < 1.29 is 4.42 Å². The molecule has 1 aromatic heterocycles. The largest absolute Gasteiger partial charge is 0.454 e. The highest BCUT2D eigenvalue weighted by Crippen LogP contribution is 2.44. The first kappa shape index (κ1) is 33.6. The maximum absolute atomic E-state index is 6.79. The molecule has 0 fully saturated rings. The summed E-state index contributed by atoms with van der Waals surface area (Å²) in [5.74, 6) is 0. The molecule has 0 saturated carbocycles. The number of fused-ring (bicyclic) bond motifs is 5. The fraction of sp³-hybridized carbons (Fsp3) is 0. The Labute approximate surface area is 337 Å². The average Bonchev–Trinajstić information content (AvgIpc) is 3.68. The van der Waals surface area contributed by atoms with Gasteiger partial charge in [-0.15, -0.1) is 0 Å². The van der Waals surface area contributed by atoms with E-state index in [4.69, 9.17) is 4.42 Å². The summed E-state index contributed by atoms with van der Waals surface area (Å²) in [6, 6.07) is 80.6. The predicted octanol–water partition coefficient (Wildman–Crippen LogP) is 16.0. The fourth-order valence-corrected chi connectivity index (χ4v) is 8.60. The van der Waals surface area contributed by atoms with E-state index in [1.165, 1.54) is 60.5 Å². The van der Waals surface area contributed by atoms with Gasteiger partial charge in [-0.1, -0.05) is 170 Å². The summed E-state index contributed by atoms with van der Waals surface area (Å²) in [5, 5.41) is 7.15. The second kappa shape index (κ2) is 14.1. The molecule has 11 aromatic rings. The number of anilines is 3. The Morgan fingerprint density at radius 3 is 1.57 bits per heavy atom. The average molecular weight is 740 g/mol. The van der Waals surface area contributed by atoms with Gasteiger partial charge in [0.15, 0.2) is 5.58 Å². The first-order valence-corrected chi connectivity index (χ1v) is 19.8. The Kier molecular flexibility index (Phi) is 8.19. The van der Waals surface area contributed by atoms with Gasteiger partial charge in [-0.05, 0) is 121 Å². The zero-order chi connectivity index (χ0) is 38.4. The van der Waals surface area contributed by atoms with Crippen molar-refractivity contribution in [3.8, 4) is 44.5 Å². The second-order valence-corrected chi connectivity index (χ2v) is 14.9. The predicted molar refractivity (Wildman–Crippen MR) is 245 cm³/mol. The van der Waals surface area contributed by atoms with Crippen LogP contribution in [0.2, 0.25) is 0 Å². The lowest BCUT2D eigenvalue weighted by Gasteiger charge is -2.26. The summed E-state index contributed by atoms with van der Waals surface area (Å²) in [4.78, 5) is 2.33. The monoisotopic (exact) mass is 739 g/mol. The molecule has 0 unspecified atom stereocenters. The minimum absolute atomic E-state index is 0.854. The maximum Gasteiger partial charge on any atom is 0.159 e. The highest BCUT2D eigenvalue weighted by Gasteiger charge is 2.20. The smallest absolute Gasteiger partial charge is 0.159 e. The van der Waals surface area contributed by atoms with Crippen molar-refractivity contribution in [2.75, 3.05) is 4.90 Å². The molecule has 0 spiro atoms. The molecule has 58 heavy (non-hydrogen) atoms. The summed E-state index contributed by atoms with van der Waals surface area (Å²) in [6.07, 6.45) is 0. The first-order chi connectivity index (χ1) is 28.7. The van der Waals surface area contributed by atoms with Crippen LogP contribution in [0.5, 0.6) is 0 Å². The van der Waals surface area contributed by atoms with Crippen molar-refractivity contribution in [3.05, 3.63) is 224 Å². The van der Waals surface area contributed by atoms with Gasteiger partial charge in [-0.3, -0.25) is 0 Å². The highest BCUT2D eigenvalue weighted by molar-refractivity contribution is 6.11. The molecule has 0 aliphatic rings. The van der Waals surface area contributed by atoms with E-state index in [-0.39, 0.29) is 0 Å². The van der Waals surface area contributed by atoms with Gasteiger partial charge in [0.05, 0.1) is 5.69 Å². The third-order valence-corrected chi connectivity index (χ3v) is 11.5. The number of hydrogen-bond acceptors (Lipinski definition) is 2. The Hall–Kier alpha value is -7.68. The van der Waals surface area contributed by atoms with Crippen molar-refractivity contribution >= 4 is 60.5 Å². The van der Waals surface area contributed by atoms with Crippen LogP contribution < -0.4 is 4.90 Å². The molecule has 0 saturated heterocycles. The van der Waals surface area contributed by atoms with Crippen LogP contribution in [-0.4, -0.2) is 0 Å². The van der Waals surface area contributed by atoms with Gasteiger partial charge in [0, 0.05) is 22.1 Å². The molecule has 272 valence electrons. The second-order valence-electron chi connectivity index (χ2n) is 14.9. The number of benzene rings is 10. The lowest BCUT2D eigenvalue weighted by Crippen LogP contribution is -2.10. The minimum atomic E-state index is 0.854. The van der Waals surface area contributed by atoms with Crippen molar-refractivity contribution in [3.63, 3.8) is 0 Å². The zero-order valence-electron chi connectivity index (χ0n) is 31.7. The van der Waals surface area contributed by atoms with Gasteiger partial charge < -0.3 is 9.32 Å². The Morgan fingerprint density at radius 1 is 0.293 bits per heavy atom. The van der Waals surface area contributed by atoms with E-state index < -0.39 is 0 Å². The molecule has 2 nitrogen and oxygen atoms in total. The Bertz CT molecular complexity index is 3250. The third kappa shape index (κ3) is 5.91. The molecule has 0 aliphatic carbocycles. The molecule has 10 aromatic carbocycles. The highest BCUT2D eigenvalue weighted by atomic mass is 16.3. The lowest BCUT2D eigenvalue weighted by molar-refractivity contribution is 0.669. The molecule has 1 heterocycles. The topological polar surface area (TPSA) is 16.4 Å². The third-order valence-electron chi connectivity index (χ3n) is 11.5. The lowest BCUT2D eigenvalue weighted by atomic mass is 9.93. The quantitative estimate of drug-likeness (QED) is 0.162. The normalized spacial score (nSPS) is 11.4. The molecule has 0 amide bonds. The van der Waals surface area contributed by atoms with Crippen LogP contribution in [-0.2, 0) is 0 Å². The molecule has 0 N–H and O–H groups in total. The van der Waals surface area contributed by atoms with Gasteiger partial charge in [-0.25, -0.2) is 0 Å². The standard InChI is InChI=1S/C56H37NO/c1-3-13-38(14-4-1)43-29-34-55-53(36-43)51-23-12-24-54(56(51)58-55)57(47-32-27-42(28-33-47)49-22-11-19-40-17-7-9-20-48(40)49)46-30-25-39(26-31-46)45-35-44-18-8-10-21-50(44)52(37-45)41-15-5-2-6-16-41/h1-37H. The van der Waals surface area contributed by atoms with Crippen molar-refractivity contribution in [2.24, 2.45) is 0 Å². The SMILES string of the molecule is c1ccc(-c2ccc3oc4c(N(c5ccc(-c6cc(-c7ccccc7)c7ccccc7c6)cc5)c5ccc(-c6cccc7ccccc67)cc5)cccc4c3c2)cc1.